The van der Waals surface area contributed by atoms with E-state index in [1.807, 2.05) is 13.8 Å². The lowest BCUT2D eigenvalue weighted by Crippen LogP contribution is -2.06. The van der Waals surface area contributed by atoms with Crippen LogP contribution in [-0.4, -0.2) is 25.3 Å². The van der Waals surface area contributed by atoms with Crippen LogP contribution in [0.25, 0.3) is 0 Å². The summed E-state index contributed by atoms with van der Waals surface area (Å²) in [6.45, 7) is 18.9. The fourth-order valence-corrected chi connectivity index (χ4v) is 3.94. The third kappa shape index (κ3) is 5.16. The van der Waals surface area contributed by atoms with E-state index < -0.39 is 5.97 Å². The molecule has 4 nitrogen and oxygen atoms in total. The fraction of sp³-hybridized carbons (Fsp3) is 0.500. The second-order valence-electron chi connectivity index (χ2n) is 8.06. The van der Waals surface area contributed by atoms with Crippen molar-refractivity contribution < 1.29 is 19.4 Å². The van der Waals surface area contributed by atoms with Crippen molar-refractivity contribution in [2.75, 3.05) is 14.2 Å². The number of carbonyl (C=O) groups is 1. The van der Waals surface area contributed by atoms with Crippen LogP contribution in [0.5, 0.6) is 11.5 Å². The van der Waals surface area contributed by atoms with Crippen LogP contribution in [0.3, 0.4) is 0 Å². The molecule has 0 radical (unpaired) electrons. The number of carboxylic acids is 1. The summed E-state index contributed by atoms with van der Waals surface area (Å²) in [5, 5.41) is 8.78. The van der Waals surface area contributed by atoms with Crippen LogP contribution in [0, 0.1) is 62.3 Å². The zero-order valence-corrected chi connectivity index (χ0v) is 20.6. The molecule has 0 aliphatic rings. The van der Waals surface area contributed by atoms with E-state index in [0.29, 0.717) is 6.42 Å². The first kappa shape index (κ1) is 25.5. The van der Waals surface area contributed by atoms with E-state index in [9.17, 15) is 4.79 Å². The van der Waals surface area contributed by atoms with Crippen molar-refractivity contribution in [3.63, 3.8) is 0 Å². The Bertz CT molecular complexity index is 910. The molecular weight excluding hydrogens is 376 g/mol. The highest BCUT2D eigenvalue weighted by atomic mass is 16.5. The number of rotatable bonds is 5. The third-order valence-electron chi connectivity index (χ3n) is 6.68. The molecule has 1 N–H and O–H groups in total. The zero-order valence-electron chi connectivity index (χ0n) is 20.6. The van der Waals surface area contributed by atoms with E-state index in [-0.39, 0.29) is 6.42 Å². The first-order chi connectivity index (χ1) is 13.9. The van der Waals surface area contributed by atoms with E-state index in [0.717, 1.165) is 28.2 Å². The van der Waals surface area contributed by atoms with Gasteiger partial charge in [0.05, 0.1) is 14.2 Å². The number of hydrogen-bond donors (Lipinski definition) is 1. The Labute approximate surface area is 182 Å². The molecule has 2 rings (SSSR count). The summed E-state index contributed by atoms with van der Waals surface area (Å²) in [5.41, 5.74) is 12.3. The second-order valence-corrected chi connectivity index (χ2v) is 8.06. The van der Waals surface area contributed by atoms with Crippen LogP contribution in [-0.2, 0) is 11.2 Å². The van der Waals surface area contributed by atoms with E-state index in [1.165, 1.54) is 38.9 Å². The van der Waals surface area contributed by atoms with E-state index >= 15 is 0 Å². The maximum Gasteiger partial charge on any atom is 0.303 e. The number of carboxylic acid groups (broad SMARTS) is 1. The molecule has 0 aliphatic carbocycles. The third-order valence-corrected chi connectivity index (χ3v) is 6.68. The van der Waals surface area contributed by atoms with Crippen molar-refractivity contribution in [3.8, 4) is 11.5 Å². The maximum atomic E-state index is 10.7. The predicted octanol–water partition coefficient (Wildman–Crippen LogP) is 6.18. The highest BCUT2D eigenvalue weighted by Gasteiger charge is 2.16. The van der Waals surface area contributed by atoms with Crippen LogP contribution < -0.4 is 9.47 Å². The van der Waals surface area contributed by atoms with Gasteiger partial charge in [0, 0.05) is 6.42 Å². The van der Waals surface area contributed by atoms with Gasteiger partial charge in [0.1, 0.15) is 11.5 Å². The number of ether oxygens (including phenoxy) is 2. The fourth-order valence-electron chi connectivity index (χ4n) is 3.94. The molecule has 166 valence electrons. The Kier molecular flexibility index (Phi) is 8.95. The van der Waals surface area contributed by atoms with Crippen LogP contribution in [0.4, 0.5) is 0 Å². The lowest BCUT2D eigenvalue weighted by molar-refractivity contribution is -0.136. The van der Waals surface area contributed by atoms with E-state index in [2.05, 4.69) is 48.5 Å². The molecule has 0 unspecified atom stereocenters. The molecule has 0 aromatic heterocycles. The molecule has 2 aromatic carbocycles. The standard InChI is InChI=1S/C14H20O3.C12H18O/c1-8-9(2)11(4)14(17-5)12(10(8)3)6-7-13(15)16;1-7-8(2)10(4)12(13-6)11(5)9(7)3/h6-7H2,1-5H3,(H,15,16);1-6H3. The molecular formula is C26H38O4. The summed E-state index contributed by atoms with van der Waals surface area (Å²) in [6, 6.07) is 0. The first-order valence-corrected chi connectivity index (χ1v) is 10.4. The summed E-state index contributed by atoms with van der Waals surface area (Å²) >= 11 is 0. The monoisotopic (exact) mass is 414 g/mol. The van der Waals surface area contributed by atoms with E-state index in [1.54, 1.807) is 14.2 Å². The molecule has 0 amide bonds. The summed E-state index contributed by atoms with van der Waals surface area (Å²) in [5.74, 6) is 1.11. The molecule has 0 aliphatic heterocycles. The molecule has 0 atom stereocenters. The Morgan fingerprint density at radius 3 is 1.30 bits per heavy atom. The molecule has 0 saturated carbocycles. The zero-order chi connectivity index (χ0) is 23.3. The number of methoxy groups -OCH3 is 2. The Balaban J connectivity index is 0.000000311. The summed E-state index contributed by atoms with van der Waals surface area (Å²) < 4.78 is 10.8. The number of hydrogen-bond acceptors (Lipinski definition) is 3. The van der Waals surface area contributed by atoms with Gasteiger partial charge in [0.2, 0.25) is 0 Å². The molecule has 4 heteroatoms. The number of benzene rings is 2. The van der Waals surface area contributed by atoms with Crippen LogP contribution in [0.1, 0.15) is 62.1 Å². The van der Waals surface area contributed by atoms with Crippen molar-refractivity contribution in [3.05, 3.63) is 55.6 Å². The van der Waals surface area contributed by atoms with Crippen LogP contribution in [0.15, 0.2) is 0 Å². The lowest BCUT2D eigenvalue weighted by atomic mass is 9.91. The van der Waals surface area contributed by atoms with Gasteiger partial charge >= 0.3 is 5.97 Å². The molecule has 0 fully saturated rings. The van der Waals surface area contributed by atoms with Crippen molar-refractivity contribution in [2.45, 2.75) is 75.2 Å². The summed E-state index contributed by atoms with van der Waals surface area (Å²) in [6.07, 6.45) is 0.658. The molecule has 0 saturated heterocycles. The van der Waals surface area contributed by atoms with Gasteiger partial charge in [-0.1, -0.05) is 0 Å². The van der Waals surface area contributed by atoms with Crippen molar-refractivity contribution >= 4 is 5.97 Å². The van der Waals surface area contributed by atoms with E-state index in [4.69, 9.17) is 14.6 Å². The minimum Gasteiger partial charge on any atom is -0.496 e. The quantitative estimate of drug-likeness (QED) is 0.634. The molecule has 0 heterocycles. The SMILES string of the molecule is COc1c(C)c(C)c(C)c(C)c1C.COc1c(C)c(C)c(C)c(C)c1CCC(=O)O. The largest absolute Gasteiger partial charge is 0.496 e. The second kappa shape index (κ2) is 10.5. The highest BCUT2D eigenvalue weighted by molar-refractivity contribution is 5.68. The molecule has 2 aromatic rings. The van der Waals surface area contributed by atoms with Gasteiger partial charge in [0.15, 0.2) is 0 Å². The predicted molar refractivity (Wildman–Crippen MR) is 125 cm³/mol. The topological polar surface area (TPSA) is 55.8 Å². The normalized spacial score (nSPS) is 10.4. The van der Waals surface area contributed by atoms with Gasteiger partial charge in [-0.25, -0.2) is 0 Å². The Hall–Kier alpha value is -2.49. The Morgan fingerprint density at radius 2 is 0.933 bits per heavy atom. The smallest absolute Gasteiger partial charge is 0.303 e. The lowest BCUT2D eigenvalue weighted by Gasteiger charge is -2.19. The van der Waals surface area contributed by atoms with Crippen LogP contribution in [0.2, 0.25) is 0 Å². The summed E-state index contributed by atoms with van der Waals surface area (Å²) in [7, 11) is 3.38. The van der Waals surface area contributed by atoms with Crippen molar-refractivity contribution in [1.29, 1.82) is 0 Å². The maximum absolute atomic E-state index is 10.7. The Morgan fingerprint density at radius 1 is 0.600 bits per heavy atom. The molecule has 0 spiro atoms. The van der Waals surface area contributed by atoms with Crippen molar-refractivity contribution in [1.82, 2.24) is 0 Å². The average molecular weight is 415 g/mol. The first-order valence-electron chi connectivity index (χ1n) is 10.4. The minimum absolute atomic E-state index is 0.138. The number of aliphatic carboxylic acids is 1. The minimum atomic E-state index is -0.776. The van der Waals surface area contributed by atoms with Gasteiger partial charge in [-0.3, -0.25) is 4.79 Å². The highest BCUT2D eigenvalue weighted by Crippen LogP contribution is 2.33. The van der Waals surface area contributed by atoms with Gasteiger partial charge in [-0.05, 0) is 124 Å². The van der Waals surface area contributed by atoms with Gasteiger partial charge < -0.3 is 14.6 Å². The molecule has 0 bridgehead atoms. The summed E-state index contributed by atoms with van der Waals surface area (Å²) in [4.78, 5) is 10.7. The van der Waals surface area contributed by atoms with Gasteiger partial charge in [0.25, 0.3) is 0 Å². The van der Waals surface area contributed by atoms with Crippen molar-refractivity contribution in [2.24, 2.45) is 0 Å². The molecule has 30 heavy (non-hydrogen) atoms. The van der Waals surface area contributed by atoms with Gasteiger partial charge in [-0.15, -0.1) is 0 Å². The average Bonchev–Trinajstić information content (AvgIpc) is 2.71. The van der Waals surface area contributed by atoms with Gasteiger partial charge in [-0.2, -0.15) is 0 Å². The van der Waals surface area contributed by atoms with Crippen LogP contribution >= 0.6 is 0 Å².